The minimum absolute atomic E-state index is 0.0605. The van der Waals surface area contributed by atoms with E-state index in [-0.39, 0.29) is 18.4 Å². The first kappa shape index (κ1) is 26.7. The molecule has 2 aromatic heterocycles. The molecule has 0 radical (unpaired) electrons. The predicted molar refractivity (Wildman–Crippen MR) is 150 cm³/mol. The molecule has 5 rings (SSSR count). The number of carbonyl (C=O) groups excluding carboxylic acids is 1. The number of halogens is 1. The number of carbonyl (C=O) groups is 1. The normalized spacial score (nSPS) is 16.5. The fraction of sp³-hybridized carbons (Fsp3) is 0.258. The number of ether oxygens (including phenoxy) is 2. The number of fused-ring (bicyclic) bond motifs is 1. The minimum Gasteiger partial charge on any atom is -0.493 e. The Labute approximate surface area is 233 Å². The average Bonchev–Trinajstić information content (AvgIpc) is 2.93. The number of rotatable bonds is 7. The number of pyridine rings is 2. The zero-order valence-electron chi connectivity index (χ0n) is 22.3. The Hall–Kier alpha value is -3.94. The molecule has 0 bridgehead atoms. The minimum atomic E-state index is -1.28. The Kier molecular flexibility index (Phi) is 7.30. The lowest BCUT2D eigenvalue weighted by atomic mass is 9.87. The van der Waals surface area contributed by atoms with Gasteiger partial charge in [0.2, 0.25) is 5.91 Å². The van der Waals surface area contributed by atoms with E-state index in [0.29, 0.717) is 33.5 Å². The van der Waals surface area contributed by atoms with E-state index in [0.717, 1.165) is 16.7 Å². The van der Waals surface area contributed by atoms with Crippen LogP contribution in [-0.2, 0) is 16.8 Å². The molecule has 200 valence electrons. The molecule has 1 N–H and O–H groups in total. The lowest BCUT2D eigenvalue weighted by Gasteiger charge is -2.37. The summed E-state index contributed by atoms with van der Waals surface area (Å²) in [4.78, 5) is 24.1. The Bertz CT molecular complexity index is 1470. The summed E-state index contributed by atoms with van der Waals surface area (Å²) < 4.78 is 11.7. The van der Waals surface area contributed by atoms with Crippen molar-refractivity contribution < 1.29 is 19.4 Å². The van der Waals surface area contributed by atoms with Gasteiger partial charge < -0.3 is 14.6 Å². The maximum Gasteiger partial charge on any atom is 0.233 e. The van der Waals surface area contributed by atoms with Crippen molar-refractivity contribution in [2.75, 3.05) is 12.0 Å². The quantitative estimate of drug-likeness (QED) is 0.314. The van der Waals surface area contributed by atoms with Crippen LogP contribution < -0.4 is 14.4 Å². The van der Waals surface area contributed by atoms with E-state index in [1.807, 2.05) is 50.2 Å². The number of aromatic nitrogens is 2. The summed E-state index contributed by atoms with van der Waals surface area (Å²) in [6.45, 7) is 5.62. The van der Waals surface area contributed by atoms with Crippen LogP contribution in [0.4, 0.5) is 5.82 Å². The van der Waals surface area contributed by atoms with E-state index < -0.39 is 11.6 Å². The summed E-state index contributed by atoms with van der Waals surface area (Å²) in [6.07, 6.45) is 5.00. The molecular weight excluding hydrogens is 514 g/mol. The number of amides is 1. The van der Waals surface area contributed by atoms with Crippen molar-refractivity contribution in [2.45, 2.75) is 44.9 Å². The highest BCUT2D eigenvalue weighted by Crippen LogP contribution is 2.43. The molecule has 1 unspecified atom stereocenters. The molecule has 4 aromatic rings. The zero-order valence-corrected chi connectivity index (χ0v) is 23.0. The molecule has 3 heterocycles. The predicted octanol–water partition coefficient (Wildman–Crippen LogP) is 5.86. The lowest BCUT2D eigenvalue weighted by molar-refractivity contribution is -0.118. The average molecular weight is 544 g/mol. The monoisotopic (exact) mass is 543 g/mol. The Morgan fingerprint density at radius 2 is 1.74 bits per heavy atom. The van der Waals surface area contributed by atoms with Crippen LogP contribution in [0.25, 0.3) is 0 Å². The van der Waals surface area contributed by atoms with Gasteiger partial charge in [0.25, 0.3) is 0 Å². The van der Waals surface area contributed by atoms with Crippen molar-refractivity contribution in [3.8, 4) is 11.5 Å². The summed E-state index contributed by atoms with van der Waals surface area (Å²) in [5.74, 6) is 1.56. The lowest BCUT2D eigenvalue weighted by Crippen LogP contribution is -2.41. The molecule has 1 aliphatic rings. The molecule has 0 spiro atoms. The molecule has 0 saturated heterocycles. The molecule has 2 atom stereocenters. The van der Waals surface area contributed by atoms with Gasteiger partial charge in [-0.2, -0.15) is 0 Å². The molecule has 0 saturated carbocycles. The Morgan fingerprint density at radius 3 is 2.36 bits per heavy atom. The van der Waals surface area contributed by atoms with Gasteiger partial charge in [-0.1, -0.05) is 29.8 Å². The third kappa shape index (κ3) is 5.20. The van der Waals surface area contributed by atoms with Gasteiger partial charge in [0.1, 0.15) is 11.4 Å². The zero-order chi connectivity index (χ0) is 27.7. The van der Waals surface area contributed by atoms with E-state index in [9.17, 15) is 9.90 Å². The number of benzene rings is 2. The van der Waals surface area contributed by atoms with Crippen LogP contribution in [0.3, 0.4) is 0 Å². The fourth-order valence-electron chi connectivity index (χ4n) is 4.96. The summed E-state index contributed by atoms with van der Waals surface area (Å²) in [6, 6.07) is 17.9. The highest BCUT2D eigenvalue weighted by atomic mass is 35.5. The molecule has 0 aliphatic carbocycles. The van der Waals surface area contributed by atoms with Gasteiger partial charge in [-0.3, -0.25) is 14.7 Å². The number of methoxy groups -OCH3 is 1. The van der Waals surface area contributed by atoms with Crippen LogP contribution in [0, 0.1) is 0 Å². The van der Waals surface area contributed by atoms with E-state index >= 15 is 0 Å². The number of nitrogens with zero attached hydrogens (tertiary/aromatic N) is 3. The second kappa shape index (κ2) is 10.7. The molecule has 39 heavy (non-hydrogen) atoms. The molecule has 2 aromatic carbocycles. The largest absolute Gasteiger partial charge is 0.493 e. The highest BCUT2D eigenvalue weighted by molar-refractivity contribution is 6.30. The van der Waals surface area contributed by atoms with Crippen LogP contribution in [0.2, 0.25) is 5.02 Å². The first-order chi connectivity index (χ1) is 18.7. The molecule has 8 heteroatoms. The second-order valence-corrected chi connectivity index (χ2v) is 10.4. The maximum atomic E-state index is 13.7. The third-order valence-corrected chi connectivity index (χ3v) is 7.19. The van der Waals surface area contributed by atoms with Crippen LogP contribution in [0.15, 0.2) is 79.3 Å². The molecule has 1 amide bonds. The van der Waals surface area contributed by atoms with Crippen molar-refractivity contribution in [3.63, 3.8) is 0 Å². The van der Waals surface area contributed by atoms with E-state index in [2.05, 4.69) is 9.97 Å². The topological polar surface area (TPSA) is 84.8 Å². The Morgan fingerprint density at radius 1 is 1.03 bits per heavy atom. The van der Waals surface area contributed by atoms with Crippen molar-refractivity contribution in [1.29, 1.82) is 0 Å². The molecule has 7 nitrogen and oxygen atoms in total. The van der Waals surface area contributed by atoms with Gasteiger partial charge in [0.15, 0.2) is 11.5 Å². The number of hydrogen-bond donors (Lipinski definition) is 1. The molecule has 1 aliphatic heterocycles. The molecule has 0 fully saturated rings. The highest BCUT2D eigenvalue weighted by Gasteiger charge is 2.37. The summed E-state index contributed by atoms with van der Waals surface area (Å²) in [5.41, 5.74) is 2.68. The first-order valence-electron chi connectivity index (χ1n) is 12.7. The van der Waals surface area contributed by atoms with Crippen LogP contribution in [0.5, 0.6) is 11.5 Å². The number of anilines is 1. The van der Waals surface area contributed by atoms with Gasteiger partial charge in [-0.25, -0.2) is 4.98 Å². The van der Waals surface area contributed by atoms with Crippen molar-refractivity contribution in [3.05, 3.63) is 112 Å². The molecular formula is C31H30ClN3O4. The van der Waals surface area contributed by atoms with Crippen molar-refractivity contribution >= 4 is 23.3 Å². The Balaban J connectivity index is 1.61. The van der Waals surface area contributed by atoms with Gasteiger partial charge in [0.05, 0.1) is 25.7 Å². The van der Waals surface area contributed by atoms with Crippen LogP contribution in [0.1, 0.15) is 54.6 Å². The SMILES string of the molecule is COc1cc2c(cc1OC(C)C)[C@H](c1ccc(Cl)cc1)N(c1ccc(C(C)(O)c3ccncc3)cn1)C(=O)C2. The van der Waals surface area contributed by atoms with Crippen LogP contribution in [-0.4, -0.2) is 34.2 Å². The van der Waals surface area contributed by atoms with Gasteiger partial charge in [-0.05, 0) is 85.5 Å². The van der Waals surface area contributed by atoms with Crippen molar-refractivity contribution in [1.82, 2.24) is 9.97 Å². The van der Waals surface area contributed by atoms with E-state index in [1.54, 1.807) is 61.8 Å². The van der Waals surface area contributed by atoms with E-state index in [1.165, 1.54) is 0 Å². The maximum absolute atomic E-state index is 13.7. The van der Waals surface area contributed by atoms with Crippen molar-refractivity contribution in [2.24, 2.45) is 0 Å². The van der Waals surface area contributed by atoms with Gasteiger partial charge in [0, 0.05) is 29.2 Å². The van der Waals surface area contributed by atoms with Crippen LogP contribution >= 0.6 is 11.6 Å². The third-order valence-electron chi connectivity index (χ3n) is 6.94. The standard InChI is InChI=1S/C31H30ClN3O4/c1-19(2)39-27-17-25-21(15-26(27)38-4)16-29(36)35(30(25)20-5-8-24(32)9-6-20)28-10-7-23(18-34-28)31(3,37)22-11-13-33-14-12-22/h5-15,17-19,30,37H,16H2,1-4H3/t30-,31?/m0/s1. The summed E-state index contributed by atoms with van der Waals surface area (Å²) in [7, 11) is 1.59. The number of aliphatic hydroxyl groups is 1. The number of hydrogen-bond acceptors (Lipinski definition) is 6. The second-order valence-electron chi connectivity index (χ2n) is 9.98. The van der Waals surface area contributed by atoms with E-state index in [4.69, 9.17) is 21.1 Å². The van der Waals surface area contributed by atoms with Gasteiger partial charge in [-0.15, -0.1) is 0 Å². The first-order valence-corrected chi connectivity index (χ1v) is 13.1. The van der Waals surface area contributed by atoms with Gasteiger partial charge >= 0.3 is 0 Å². The summed E-state index contributed by atoms with van der Waals surface area (Å²) >= 11 is 6.21. The smallest absolute Gasteiger partial charge is 0.233 e. The summed E-state index contributed by atoms with van der Waals surface area (Å²) in [5, 5.41) is 11.9. The fourth-order valence-corrected chi connectivity index (χ4v) is 5.08.